The van der Waals surface area contributed by atoms with Gasteiger partial charge in [-0.15, -0.1) is 0 Å². The van der Waals surface area contributed by atoms with Gasteiger partial charge in [0, 0.05) is 0 Å². The van der Waals surface area contributed by atoms with Crippen LogP contribution in [0.1, 0.15) is 24.8 Å². The standard InChI is InChI=1S/C17H18FN3O2/c1-23-14-6-7-15(19-11-14)20-21-16(22)17(8-3-9-17)12-4-2-5-13(18)10-12/h2,4-7,10-11H,3,8-9H2,1H3,(H,19,20)(H,21,22). The first-order valence-corrected chi connectivity index (χ1v) is 7.47. The third-order valence-electron chi connectivity index (χ3n) is 4.30. The Labute approximate surface area is 133 Å². The summed E-state index contributed by atoms with van der Waals surface area (Å²) >= 11 is 0. The molecule has 1 heterocycles. The zero-order valence-electron chi connectivity index (χ0n) is 12.8. The molecule has 5 nitrogen and oxygen atoms in total. The molecule has 2 aromatic rings. The highest BCUT2D eigenvalue weighted by Crippen LogP contribution is 2.44. The van der Waals surface area contributed by atoms with Crippen molar-refractivity contribution in [2.24, 2.45) is 0 Å². The largest absolute Gasteiger partial charge is 0.495 e. The van der Waals surface area contributed by atoms with Crippen molar-refractivity contribution in [2.75, 3.05) is 12.5 Å². The molecule has 1 aromatic heterocycles. The number of hydrogen-bond donors (Lipinski definition) is 2. The van der Waals surface area contributed by atoms with Gasteiger partial charge < -0.3 is 4.74 Å². The van der Waals surface area contributed by atoms with E-state index in [1.165, 1.54) is 12.1 Å². The van der Waals surface area contributed by atoms with Gasteiger partial charge in [-0.1, -0.05) is 18.6 Å². The van der Waals surface area contributed by atoms with Gasteiger partial charge in [-0.3, -0.25) is 15.6 Å². The van der Waals surface area contributed by atoms with Gasteiger partial charge in [0.2, 0.25) is 5.91 Å². The highest BCUT2D eigenvalue weighted by atomic mass is 19.1. The monoisotopic (exact) mass is 315 g/mol. The first kappa shape index (κ1) is 15.3. The lowest BCUT2D eigenvalue weighted by Crippen LogP contribution is -2.50. The molecule has 2 N–H and O–H groups in total. The molecule has 0 unspecified atom stereocenters. The number of methoxy groups -OCH3 is 1. The van der Waals surface area contributed by atoms with Crippen LogP contribution in [0.4, 0.5) is 10.2 Å². The number of anilines is 1. The van der Waals surface area contributed by atoms with E-state index < -0.39 is 5.41 Å². The molecule has 0 atom stereocenters. The molecular formula is C17H18FN3O2. The summed E-state index contributed by atoms with van der Waals surface area (Å²) in [6.07, 6.45) is 3.92. The van der Waals surface area contributed by atoms with Crippen LogP contribution in [0.3, 0.4) is 0 Å². The lowest BCUT2D eigenvalue weighted by atomic mass is 9.64. The quantitative estimate of drug-likeness (QED) is 0.833. The van der Waals surface area contributed by atoms with Gasteiger partial charge in [0.25, 0.3) is 0 Å². The molecule has 1 saturated carbocycles. The van der Waals surface area contributed by atoms with Crippen LogP contribution in [0.15, 0.2) is 42.6 Å². The number of ether oxygens (including phenoxy) is 1. The Morgan fingerprint density at radius 2 is 2.13 bits per heavy atom. The fourth-order valence-corrected chi connectivity index (χ4v) is 2.78. The van der Waals surface area contributed by atoms with Crippen LogP contribution in [0.25, 0.3) is 0 Å². The minimum absolute atomic E-state index is 0.174. The summed E-state index contributed by atoms with van der Waals surface area (Å²) in [5.74, 6) is 0.642. The first-order chi connectivity index (χ1) is 11.1. The molecule has 6 heteroatoms. The lowest BCUT2D eigenvalue weighted by Gasteiger charge is -2.40. The van der Waals surface area contributed by atoms with E-state index >= 15 is 0 Å². The van der Waals surface area contributed by atoms with E-state index in [0.717, 1.165) is 6.42 Å². The zero-order chi connectivity index (χ0) is 16.3. The molecule has 1 fully saturated rings. The van der Waals surface area contributed by atoms with E-state index in [1.54, 1.807) is 37.6 Å². The van der Waals surface area contributed by atoms with Crippen LogP contribution in [-0.2, 0) is 10.2 Å². The summed E-state index contributed by atoms with van der Waals surface area (Å²) in [6, 6.07) is 9.70. The Hall–Kier alpha value is -2.63. The number of nitrogens with one attached hydrogen (secondary N) is 2. The van der Waals surface area contributed by atoms with Gasteiger partial charge in [-0.25, -0.2) is 9.37 Å². The molecule has 0 spiro atoms. The number of carbonyl (C=O) groups excluding carboxylic acids is 1. The Morgan fingerprint density at radius 3 is 2.70 bits per heavy atom. The summed E-state index contributed by atoms with van der Waals surface area (Å²) in [7, 11) is 1.56. The van der Waals surface area contributed by atoms with Crippen LogP contribution in [0, 0.1) is 5.82 Å². The van der Waals surface area contributed by atoms with Crippen molar-refractivity contribution in [1.29, 1.82) is 0 Å². The second kappa shape index (κ2) is 6.24. The number of halogens is 1. The molecule has 120 valence electrons. The number of nitrogens with zero attached hydrogens (tertiary/aromatic N) is 1. The third-order valence-corrected chi connectivity index (χ3v) is 4.30. The Bertz CT molecular complexity index is 699. The van der Waals surface area contributed by atoms with Gasteiger partial charge in [0.1, 0.15) is 17.4 Å². The molecule has 1 aliphatic rings. The average Bonchev–Trinajstić information content (AvgIpc) is 2.52. The smallest absolute Gasteiger partial charge is 0.248 e. The maximum absolute atomic E-state index is 13.5. The Kier molecular flexibility index (Phi) is 4.14. The molecule has 23 heavy (non-hydrogen) atoms. The number of benzene rings is 1. The SMILES string of the molecule is COc1ccc(NNC(=O)C2(c3cccc(F)c3)CCC2)nc1. The Morgan fingerprint density at radius 1 is 1.30 bits per heavy atom. The van der Waals surface area contributed by atoms with E-state index in [0.29, 0.717) is 30.0 Å². The van der Waals surface area contributed by atoms with Crippen molar-refractivity contribution >= 4 is 11.7 Å². The fraction of sp³-hybridized carbons (Fsp3) is 0.294. The van der Waals surface area contributed by atoms with Gasteiger partial charge in [-0.05, 0) is 42.7 Å². The minimum atomic E-state index is -0.665. The highest BCUT2D eigenvalue weighted by molar-refractivity contribution is 5.90. The van der Waals surface area contributed by atoms with Gasteiger partial charge >= 0.3 is 0 Å². The van der Waals surface area contributed by atoms with Gasteiger partial charge in [-0.2, -0.15) is 0 Å². The van der Waals surface area contributed by atoms with Crippen LogP contribution < -0.4 is 15.6 Å². The molecular weight excluding hydrogens is 297 g/mol. The van der Waals surface area contributed by atoms with Crippen molar-refractivity contribution in [3.8, 4) is 5.75 Å². The normalized spacial score (nSPS) is 15.4. The lowest BCUT2D eigenvalue weighted by molar-refractivity contribution is -0.129. The molecule has 0 aliphatic heterocycles. The number of amides is 1. The minimum Gasteiger partial charge on any atom is -0.495 e. The summed E-state index contributed by atoms with van der Waals surface area (Å²) in [6.45, 7) is 0. The highest BCUT2D eigenvalue weighted by Gasteiger charge is 2.45. The molecule has 0 radical (unpaired) electrons. The van der Waals surface area contributed by atoms with Crippen molar-refractivity contribution in [3.05, 3.63) is 54.0 Å². The van der Waals surface area contributed by atoms with E-state index in [1.807, 2.05) is 0 Å². The molecule has 1 aliphatic carbocycles. The maximum Gasteiger partial charge on any atom is 0.248 e. The maximum atomic E-state index is 13.5. The number of hydrogen-bond acceptors (Lipinski definition) is 4. The summed E-state index contributed by atoms with van der Waals surface area (Å²) in [5, 5.41) is 0. The van der Waals surface area contributed by atoms with Gasteiger partial charge in [0.15, 0.2) is 0 Å². The van der Waals surface area contributed by atoms with Crippen LogP contribution in [0.5, 0.6) is 5.75 Å². The van der Waals surface area contributed by atoms with Crippen LogP contribution in [0.2, 0.25) is 0 Å². The predicted molar refractivity (Wildman–Crippen MR) is 84.5 cm³/mol. The summed E-state index contributed by atoms with van der Waals surface area (Å²) < 4.78 is 18.5. The van der Waals surface area contributed by atoms with E-state index in [9.17, 15) is 9.18 Å². The predicted octanol–water partition coefficient (Wildman–Crippen LogP) is 2.79. The van der Waals surface area contributed by atoms with Crippen molar-refractivity contribution < 1.29 is 13.9 Å². The topological polar surface area (TPSA) is 63.2 Å². The number of hydrazine groups is 1. The molecule has 1 amide bonds. The van der Waals surface area contributed by atoms with E-state index in [-0.39, 0.29) is 11.7 Å². The number of aromatic nitrogens is 1. The number of pyridine rings is 1. The third kappa shape index (κ3) is 2.97. The summed E-state index contributed by atoms with van der Waals surface area (Å²) in [5.41, 5.74) is 5.53. The number of rotatable bonds is 5. The number of carbonyl (C=O) groups is 1. The van der Waals surface area contributed by atoms with Crippen molar-refractivity contribution in [1.82, 2.24) is 10.4 Å². The van der Waals surface area contributed by atoms with Crippen LogP contribution in [-0.4, -0.2) is 18.0 Å². The van der Waals surface area contributed by atoms with Crippen LogP contribution >= 0.6 is 0 Å². The molecule has 0 bridgehead atoms. The zero-order valence-corrected chi connectivity index (χ0v) is 12.8. The average molecular weight is 315 g/mol. The van der Waals surface area contributed by atoms with Gasteiger partial charge in [0.05, 0.1) is 18.7 Å². The molecule has 1 aromatic carbocycles. The molecule has 3 rings (SSSR count). The fourth-order valence-electron chi connectivity index (χ4n) is 2.78. The van der Waals surface area contributed by atoms with Crippen molar-refractivity contribution in [3.63, 3.8) is 0 Å². The van der Waals surface area contributed by atoms with E-state index in [2.05, 4.69) is 15.8 Å². The Balaban J connectivity index is 1.70. The van der Waals surface area contributed by atoms with Crippen molar-refractivity contribution in [2.45, 2.75) is 24.7 Å². The first-order valence-electron chi connectivity index (χ1n) is 7.47. The second-order valence-electron chi connectivity index (χ2n) is 5.61. The molecule has 0 saturated heterocycles. The van der Waals surface area contributed by atoms with E-state index in [4.69, 9.17) is 4.74 Å². The second-order valence-corrected chi connectivity index (χ2v) is 5.61. The summed E-state index contributed by atoms with van der Waals surface area (Å²) in [4.78, 5) is 16.7.